The zero-order chi connectivity index (χ0) is 14.7. The van der Waals surface area contributed by atoms with E-state index in [-0.39, 0.29) is 5.82 Å². The first-order valence-corrected chi connectivity index (χ1v) is 6.43. The molecule has 2 rings (SSSR count). The van der Waals surface area contributed by atoms with E-state index >= 15 is 0 Å². The van der Waals surface area contributed by atoms with Crippen LogP contribution >= 0.6 is 11.6 Å². The lowest BCUT2D eigenvalue weighted by molar-refractivity contribution is 0.1000. The Balaban J connectivity index is 2.15. The first-order valence-electron chi connectivity index (χ1n) is 6.05. The molecule has 104 valence electrons. The fraction of sp³-hybridized carbons (Fsp3) is 0.133. The van der Waals surface area contributed by atoms with Crippen LogP contribution in [0.5, 0.6) is 0 Å². The predicted octanol–water partition coefficient (Wildman–Crippen LogP) is 3.50. The highest BCUT2D eigenvalue weighted by Gasteiger charge is 2.06. The van der Waals surface area contributed by atoms with Gasteiger partial charge in [-0.3, -0.25) is 4.79 Å². The summed E-state index contributed by atoms with van der Waals surface area (Å²) in [5, 5.41) is 3.53. The first-order chi connectivity index (χ1) is 9.47. The highest BCUT2D eigenvalue weighted by molar-refractivity contribution is 6.33. The SMILES string of the molecule is Cc1cc(C(N)=O)ccc1CNc1cc(F)ccc1Cl. The summed E-state index contributed by atoms with van der Waals surface area (Å²) < 4.78 is 13.1. The normalized spacial score (nSPS) is 10.3. The van der Waals surface area contributed by atoms with Gasteiger partial charge in [0, 0.05) is 12.1 Å². The molecule has 3 N–H and O–H groups in total. The monoisotopic (exact) mass is 292 g/mol. The van der Waals surface area contributed by atoms with E-state index < -0.39 is 5.91 Å². The van der Waals surface area contributed by atoms with E-state index in [1.807, 2.05) is 13.0 Å². The molecule has 0 aliphatic heterocycles. The van der Waals surface area contributed by atoms with E-state index in [2.05, 4.69) is 5.32 Å². The maximum Gasteiger partial charge on any atom is 0.248 e. The van der Waals surface area contributed by atoms with E-state index in [9.17, 15) is 9.18 Å². The lowest BCUT2D eigenvalue weighted by Gasteiger charge is -2.11. The molecule has 0 spiro atoms. The average molecular weight is 293 g/mol. The van der Waals surface area contributed by atoms with Crippen molar-refractivity contribution in [3.05, 3.63) is 63.9 Å². The molecule has 0 fully saturated rings. The van der Waals surface area contributed by atoms with Gasteiger partial charge < -0.3 is 11.1 Å². The third-order valence-electron chi connectivity index (χ3n) is 3.02. The van der Waals surface area contributed by atoms with Crippen molar-refractivity contribution in [1.29, 1.82) is 0 Å². The molecule has 0 atom stereocenters. The summed E-state index contributed by atoms with van der Waals surface area (Å²) in [6, 6.07) is 9.36. The van der Waals surface area contributed by atoms with Crippen molar-refractivity contribution < 1.29 is 9.18 Å². The van der Waals surface area contributed by atoms with E-state index in [0.29, 0.717) is 22.8 Å². The van der Waals surface area contributed by atoms with Crippen molar-refractivity contribution >= 4 is 23.2 Å². The Morgan fingerprint density at radius 2 is 2.05 bits per heavy atom. The number of nitrogens with two attached hydrogens (primary N) is 1. The molecule has 5 heteroatoms. The lowest BCUT2D eigenvalue weighted by Crippen LogP contribution is -2.11. The van der Waals surface area contributed by atoms with Gasteiger partial charge in [0.25, 0.3) is 0 Å². The molecule has 0 aliphatic carbocycles. The Bertz CT molecular complexity index is 658. The second-order valence-corrected chi connectivity index (χ2v) is 4.89. The number of benzene rings is 2. The number of anilines is 1. The summed E-state index contributed by atoms with van der Waals surface area (Å²) in [6.45, 7) is 2.37. The van der Waals surface area contributed by atoms with Crippen LogP contribution in [-0.4, -0.2) is 5.91 Å². The first kappa shape index (κ1) is 14.3. The molecule has 2 aromatic rings. The van der Waals surface area contributed by atoms with Crippen molar-refractivity contribution in [2.45, 2.75) is 13.5 Å². The number of hydrogen-bond acceptors (Lipinski definition) is 2. The van der Waals surface area contributed by atoms with Crippen LogP contribution in [0.1, 0.15) is 21.5 Å². The molecule has 0 saturated heterocycles. The largest absolute Gasteiger partial charge is 0.380 e. The molecule has 3 nitrogen and oxygen atoms in total. The zero-order valence-corrected chi connectivity index (χ0v) is 11.7. The van der Waals surface area contributed by atoms with Crippen LogP contribution in [0.4, 0.5) is 10.1 Å². The standard InChI is InChI=1S/C15H14ClFN2O/c1-9-6-10(15(18)20)2-3-11(9)8-19-14-7-12(17)4-5-13(14)16/h2-7,19H,8H2,1H3,(H2,18,20). The van der Waals surface area contributed by atoms with Crippen molar-refractivity contribution in [3.8, 4) is 0 Å². The highest BCUT2D eigenvalue weighted by atomic mass is 35.5. The molecule has 20 heavy (non-hydrogen) atoms. The van der Waals surface area contributed by atoms with Crippen LogP contribution in [-0.2, 0) is 6.54 Å². The molecular formula is C15H14ClFN2O. The lowest BCUT2D eigenvalue weighted by atomic mass is 10.0. The number of amides is 1. The van der Waals surface area contributed by atoms with Gasteiger partial charge in [-0.1, -0.05) is 17.7 Å². The van der Waals surface area contributed by atoms with Crippen LogP contribution in [0, 0.1) is 12.7 Å². The minimum Gasteiger partial charge on any atom is -0.380 e. The maximum absolute atomic E-state index is 13.1. The Morgan fingerprint density at radius 1 is 1.30 bits per heavy atom. The van der Waals surface area contributed by atoms with Crippen LogP contribution in [0.2, 0.25) is 5.02 Å². The molecule has 0 unspecified atom stereocenters. The number of nitrogens with one attached hydrogen (secondary N) is 1. The van der Waals surface area contributed by atoms with Crippen molar-refractivity contribution in [2.24, 2.45) is 5.73 Å². The summed E-state index contributed by atoms with van der Waals surface area (Å²) in [7, 11) is 0. The van der Waals surface area contributed by atoms with E-state index in [0.717, 1.165) is 11.1 Å². The number of halogens is 2. The Kier molecular flexibility index (Phi) is 4.25. The van der Waals surface area contributed by atoms with E-state index in [1.165, 1.54) is 18.2 Å². The smallest absolute Gasteiger partial charge is 0.248 e. The molecule has 0 aliphatic rings. The Hall–Kier alpha value is -2.07. The summed E-state index contributed by atoms with van der Waals surface area (Å²) in [6.07, 6.45) is 0. The minimum absolute atomic E-state index is 0.349. The van der Waals surface area contributed by atoms with E-state index in [1.54, 1.807) is 12.1 Å². The predicted molar refractivity (Wildman–Crippen MR) is 78.4 cm³/mol. The molecule has 0 radical (unpaired) electrons. The quantitative estimate of drug-likeness (QED) is 0.906. The van der Waals surface area contributed by atoms with Crippen molar-refractivity contribution in [1.82, 2.24) is 0 Å². The van der Waals surface area contributed by atoms with Gasteiger partial charge in [-0.15, -0.1) is 0 Å². The molecule has 0 aromatic heterocycles. The van der Waals surface area contributed by atoms with Gasteiger partial charge >= 0.3 is 0 Å². The minimum atomic E-state index is -0.458. The Labute approximate surface area is 121 Å². The zero-order valence-electron chi connectivity index (χ0n) is 10.9. The second kappa shape index (κ2) is 5.92. The number of aryl methyl sites for hydroxylation is 1. The third-order valence-corrected chi connectivity index (χ3v) is 3.35. The summed E-state index contributed by atoms with van der Waals surface area (Å²) in [5.41, 5.74) is 8.13. The molecule has 0 heterocycles. The van der Waals surface area contributed by atoms with Gasteiger partial charge in [0.2, 0.25) is 5.91 Å². The van der Waals surface area contributed by atoms with Gasteiger partial charge in [0.1, 0.15) is 5.82 Å². The number of carbonyl (C=O) groups is 1. The van der Waals surface area contributed by atoms with E-state index in [4.69, 9.17) is 17.3 Å². The molecular weight excluding hydrogens is 279 g/mol. The molecule has 0 saturated carbocycles. The van der Waals surface area contributed by atoms with Gasteiger partial charge in [-0.25, -0.2) is 4.39 Å². The number of primary amides is 1. The highest BCUT2D eigenvalue weighted by Crippen LogP contribution is 2.23. The van der Waals surface area contributed by atoms with Crippen LogP contribution in [0.25, 0.3) is 0 Å². The van der Waals surface area contributed by atoms with Crippen LogP contribution in [0.3, 0.4) is 0 Å². The fourth-order valence-electron chi connectivity index (χ4n) is 1.87. The van der Waals surface area contributed by atoms with Crippen molar-refractivity contribution in [2.75, 3.05) is 5.32 Å². The third kappa shape index (κ3) is 3.27. The number of rotatable bonds is 4. The molecule has 1 amide bonds. The topological polar surface area (TPSA) is 55.1 Å². The van der Waals surface area contributed by atoms with Gasteiger partial charge in [-0.2, -0.15) is 0 Å². The number of carbonyl (C=O) groups excluding carboxylic acids is 1. The van der Waals surface area contributed by atoms with Gasteiger partial charge in [0.05, 0.1) is 10.7 Å². The van der Waals surface area contributed by atoms with Crippen LogP contribution in [0.15, 0.2) is 36.4 Å². The van der Waals surface area contributed by atoms with Gasteiger partial charge in [-0.05, 0) is 48.4 Å². The summed E-state index contributed by atoms with van der Waals surface area (Å²) >= 11 is 5.98. The maximum atomic E-state index is 13.1. The molecule has 2 aromatic carbocycles. The van der Waals surface area contributed by atoms with Crippen molar-refractivity contribution in [3.63, 3.8) is 0 Å². The summed E-state index contributed by atoms with van der Waals surface area (Å²) in [4.78, 5) is 11.1. The average Bonchev–Trinajstić information content (AvgIpc) is 2.40. The van der Waals surface area contributed by atoms with Crippen LogP contribution < -0.4 is 11.1 Å². The number of hydrogen-bond donors (Lipinski definition) is 2. The molecule has 0 bridgehead atoms. The Morgan fingerprint density at radius 3 is 2.70 bits per heavy atom. The summed E-state index contributed by atoms with van der Waals surface area (Å²) in [5.74, 6) is -0.807. The second-order valence-electron chi connectivity index (χ2n) is 4.48. The fourth-order valence-corrected chi connectivity index (χ4v) is 2.06. The van der Waals surface area contributed by atoms with Gasteiger partial charge in [0.15, 0.2) is 0 Å².